The molecule has 0 amide bonds. The molecule has 37 heavy (non-hydrogen) atoms. The van der Waals surface area contributed by atoms with Gasteiger partial charge in [0.2, 0.25) is 0 Å². The molecular formula is C28H35BFN2O5. The van der Waals surface area contributed by atoms with Gasteiger partial charge in [0.15, 0.2) is 0 Å². The van der Waals surface area contributed by atoms with Gasteiger partial charge in [0.25, 0.3) is 5.56 Å². The number of ether oxygens (including phenoxy) is 2. The van der Waals surface area contributed by atoms with E-state index < -0.39 is 28.5 Å². The largest absolute Gasteiger partial charge is 0.461 e. The van der Waals surface area contributed by atoms with E-state index in [4.69, 9.17) is 14.1 Å². The highest BCUT2D eigenvalue weighted by Gasteiger charge is 2.38. The van der Waals surface area contributed by atoms with Crippen LogP contribution in [0.5, 0.6) is 0 Å². The SMILES string of the molecule is COC(C)(C)C(C)(C)O[B]c1cccc(-n2ncc3cc(C(C)(C)C)cc(F)c3c2=O)c1COC(C)=O. The Hall–Kier alpha value is -3.04. The Bertz CT molecular complexity index is 1380. The molecule has 0 bridgehead atoms. The zero-order valence-electron chi connectivity index (χ0n) is 23.1. The lowest BCUT2D eigenvalue weighted by atomic mass is 9.80. The number of hydrogen-bond acceptors (Lipinski definition) is 6. The minimum atomic E-state index is -0.720. The molecule has 7 nitrogen and oxygen atoms in total. The number of carbonyl (C=O) groups is 1. The fraction of sp³-hybridized carbons (Fsp3) is 0.464. The van der Waals surface area contributed by atoms with E-state index in [2.05, 4.69) is 5.10 Å². The molecule has 0 unspecified atom stereocenters. The van der Waals surface area contributed by atoms with Crippen LogP contribution in [-0.4, -0.2) is 41.5 Å². The summed E-state index contributed by atoms with van der Waals surface area (Å²) in [7, 11) is 3.16. The number of rotatable bonds is 8. The summed E-state index contributed by atoms with van der Waals surface area (Å²) in [5.41, 5.74) is -0.0502. The van der Waals surface area contributed by atoms with Gasteiger partial charge in [-0.1, -0.05) is 32.9 Å². The van der Waals surface area contributed by atoms with Gasteiger partial charge in [0.1, 0.15) is 12.4 Å². The predicted molar refractivity (Wildman–Crippen MR) is 143 cm³/mol. The molecule has 0 aliphatic heterocycles. The Kier molecular flexibility index (Phi) is 8.00. The van der Waals surface area contributed by atoms with Crippen LogP contribution in [0.15, 0.2) is 41.3 Å². The van der Waals surface area contributed by atoms with Crippen molar-refractivity contribution in [3.63, 3.8) is 0 Å². The van der Waals surface area contributed by atoms with Crippen LogP contribution >= 0.6 is 0 Å². The first kappa shape index (κ1) is 28.5. The van der Waals surface area contributed by atoms with E-state index in [1.807, 2.05) is 48.5 Å². The standard InChI is InChI=1S/C28H35BFN2O5/c1-17(33)36-16-20-21(29-37-28(7,8)27(5,6)35-9)11-10-12-23(20)32-25(34)24-18(15-31-32)13-19(14-22(24)30)26(2,3)4/h10-15H,16H2,1-9H3. The van der Waals surface area contributed by atoms with Crippen molar-refractivity contribution in [2.24, 2.45) is 0 Å². The summed E-state index contributed by atoms with van der Waals surface area (Å²) in [6.07, 6.45) is 1.47. The molecule has 3 rings (SSSR count). The van der Waals surface area contributed by atoms with Crippen molar-refractivity contribution in [2.75, 3.05) is 7.11 Å². The Morgan fingerprint density at radius 3 is 2.35 bits per heavy atom. The van der Waals surface area contributed by atoms with E-state index in [1.54, 1.807) is 38.9 Å². The van der Waals surface area contributed by atoms with Crippen LogP contribution in [0.4, 0.5) is 4.39 Å². The van der Waals surface area contributed by atoms with E-state index >= 15 is 4.39 Å². The minimum absolute atomic E-state index is 0.0601. The summed E-state index contributed by atoms with van der Waals surface area (Å²) < 4.78 is 33.3. The summed E-state index contributed by atoms with van der Waals surface area (Å²) in [5, 5.41) is 4.71. The van der Waals surface area contributed by atoms with Gasteiger partial charge >= 0.3 is 13.5 Å². The van der Waals surface area contributed by atoms with Crippen molar-refractivity contribution in [1.29, 1.82) is 0 Å². The summed E-state index contributed by atoms with van der Waals surface area (Å²) in [6.45, 7) is 14.7. The number of fused-ring (bicyclic) bond motifs is 1. The van der Waals surface area contributed by atoms with Gasteiger partial charge in [-0.05, 0) is 62.3 Å². The lowest BCUT2D eigenvalue weighted by molar-refractivity contribution is -0.142. The van der Waals surface area contributed by atoms with Gasteiger partial charge in [-0.2, -0.15) is 9.78 Å². The molecule has 0 aliphatic carbocycles. The molecule has 3 aromatic rings. The average Bonchev–Trinajstić information content (AvgIpc) is 2.80. The zero-order valence-corrected chi connectivity index (χ0v) is 23.1. The number of carbonyl (C=O) groups excluding carboxylic acids is 1. The lowest BCUT2D eigenvalue weighted by Gasteiger charge is -2.40. The summed E-state index contributed by atoms with van der Waals surface area (Å²) in [6, 6.07) is 8.36. The molecule has 1 heterocycles. The van der Waals surface area contributed by atoms with Crippen LogP contribution in [0.25, 0.3) is 16.5 Å². The smallest absolute Gasteiger partial charge is 0.331 e. The van der Waals surface area contributed by atoms with Gasteiger partial charge in [0.05, 0.1) is 28.5 Å². The first-order valence-corrected chi connectivity index (χ1v) is 12.1. The van der Waals surface area contributed by atoms with E-state index in [1.165, 1.54) is 19.2 Å². The van der Waals surface area contributed by atoms with Crippen molar-refractivity contribution >= 4 is 29.7 Å². The number of benzene rings is 2. The lowest BCUT2D eigenvalue weighted by Crippen LogP contribution is -2.50. The van der Waals surface area contributed by atoms with Crippen molar-refractivity contribution in [2.45, 2.75) is 78.6 Å². The van der Waals surface area contributed by atoms with E-state index in [0.29, 0.717) is 22.1 Å². The summed E-state index contributed by atoms with van der Waals surface area (Å²) in [5.74, 6) is -1.10. The second-order valence-electron chi connectivity index (χ2n) is 11.1. The fourth-order valence-electron chi connectivity index (χ4n) is 3.67. The minimum Gasteiger partial charge on any atom is -0.461 e. The molecule has 9 heteroatoms. The number of halogens is 1. The van der Waals surface area contributed by atoms with E-state index in [0.717, 1.165) is 10.2 Å². The van der Waals surface area contributed by atoms with Gasteiger partial charge in [-0.15, -0.1) is 0 Å². The Labute approximate surface area is 218 Å². The molecule has 0 fully saturated rings. The monoisotopic (exact) mass is 509 g/mol. The Morgan fingerprint density at radius 1 is 1.08 bits per heavy atom. The third kappa shape index (κ3) is 5.94. The molecular weight excluding hydrogens is 474 g/mol. The van der Waals surface area contributed by atoms with E-state index in [9.17, 15) is 9.59 Å². The highest BCUT2D eigenvalue weighted by atomic mass is 19.1. The number of nitrogens with zero attached hydrogens (tertiary/aromatic N) is 2. The quantitative estimate of drug-likeness (QED) is 0.332. The molecule has 0 N–H and O–H groups in total. The second kappa shape index (κ2) is 10.4. The molecule has 197 valence electrons. The normalized spacial score (nSPS) is 12.6. The number of hydrogen-bond donors (Lipinski definition) is 0. The van der Waals surface area contributed by atoms with Crippen LogP contribution in [0.3, 0.4) is 0 Å². The molecule has 0 spiro atoms. The fourth-order valence-corrected chi connectivity index (χ4v) is 3.67. The van der Waals surface area contributed by atoms with Crippen molar-refractivity contribution < 1.29 is 23.3 Å². The van der Waals surface area contributed by atoms with E-state index in [-0.39, 0.29) is 17.4 Å². The van der Waals surface area contributed by atoms with Crippen molar-refractivity contribution in [3.05, 3.63) is 63.8 Å². The zero-order chi connectivity index (χ0) is 27.8. The first-order valence-electron chi connectivity index (χ1n) is 12.1. The number of aromatic nitrogens is 2. The second-order valence-corrected chi connectivity index (χ2v) is 11.1. The summed E-state index contributed by atoms with van der Waals surface area (Å²) >= 11 is 0. The number of esters is 1. The van der Waals surface area contributed by atoms with Crippen LogP contribution in [-0.2, 0) is 30.9 Å². The van der Waals surface area contributed by atoms with Crippen molar-refractivity contribution in [3.8, 4) is 5.69 Å². The number of methoxy groups -OCH3 is 1. The van der Waals surface area contributed by atoms with Crippen LogP contribution in [0.1, 0.15) is 66.5 Å². The van der Waals surface area contributed by atoms with Gasteiger partial charge < -0.3 is 14.1 Å². The van der Waals surface area contributed by atoms with Crippen LogP contribution in [0, 0.1) is 5.82 Å². The Balaban J connectivity index is 2.15. The van der Waals surface area contributed by atoms with Gasteiger partial charge in [-0.3, -0.25) is 9.59 Å². The van der Waals surface area contributed by atoms with Crippen LogP contribution < -0.4 is 11.0 Å². The molecule has 0 saturated heterocycles. The summed E-state index contributed by atoms with van der Waals surface area (Å²) in [4.78, 5) is 25.1. The highest BCUT2D eigenvalue weighted by molar-refractivity contribution is 6.48. The maximum atomic E-state index is 15.2. The maximum Gasteiger partial charge on any atom is 0.331 e. The van der Waals surface area contributed by atoms with Gasteiger partial charge in [0, 0.05) is 25.0 Å². The Morgan fingerprint density at radius 2 is 1.76 bits per heavy atom. The molecule has 1 aromatic heterocycles. The average molecular weight is 509 g/mol. The van der Waals surface area contributed by atoms with Crippen LogP contribution in [0.2, 0.25) is 0 Å². The topological polar surface area (TPSA) is 79.7 Å². The molecule has 0 saturated carbocycles. The van der Waals surface area contributed by atoms with Crippen molar-refractivity contribution in [1.82, 2.24) is 9.78 Å². The predicted octanol–water partition coefficient (Wildman–Crippen LogP) is 4.35. The third-order valence-electron chi connectivity index (χ3n) is 6.98. The third-order valence-corrected chi connectivity index (χ3v) is 6.98. The highest BCUT2D eigenvalue weighted by Crippen LogP contribution is 2.29. The maximum absolute atomic E-state index is 15.2. The molecule has 2 aromatic carbocycles. The van der Waals surface area contributed by atoms with Gasteiger partial charge in [-0.25, -0.2) is 4.39 Å². The first-order chi connectivity index (χ1) is 17.1. The molecule has 1 radical (unpaired) electrons. The molecule has 0 atom stereocenters. The molecule has 0 aliphatic rings.